The Balaban J connectivity index is 2.05. The molecule has 0 aliphatic carbocycles. The highest BCUT2D eigenvalue weighted by Crippen LogP contribution is 2.33. The SMILES string of the molecule is CCCCCCOc1cc(/C=C/c2ccc(C#N)cc2C#N)c(OCCCCCC)cc1/C=C/c1ccc(C#N)cc1C#N. The van der Waals surface area contributed by atoms with Gasteiger partial charge in [0, 0.05) is 11.1 Å². The van der Waals surface area contributed by atoms with E-state index in [1.165, 1.54) is 0 Å². The van der Waals surface area contributed by atoms with E-state index < -0.39 is 0 Å². The molecule has 3 rings (SSSR count). The first-order valence-corrected chi connectivity index (χ1v) is 15.2. The summed E-state index contributed by atoms with van der Waals surface area (Å²) in [5.74, 6) is 1.37. The number of rotatable bonds is 16. The van der Waals surface area contributed by atoms with Crippen molar-refractivity contribution < 1.29 is 9.47 Å². The Hall–Kier alpha value is -5.30. The van der Waals surface area contributed by atoms with Crippen LogP contribution in [0.1, 0.15) is 110 Å². The summed E-state index contributed by atoms with van der Waals surface area (Å²) in [7, 11) is 0. The molecule has 0 spiro atoms. The summed E-state index contributed by atoms with van der Waals surface area (Å²) in [5.41, 5.74) is 4.75. The summed E-state index contributed by atoms with van der Waals surface area (Å²) < 4.78 is 12.6. The van der Waals surface area contributed by atoms with Gasteiger partial charge in [0.05, 0.1) is 59.7 Å². The van der Waals surface area contributed by atoms with Gasteiger partial charge in [0.1, 0.15) is 11.5 Å². The second kappa shape index (κ2) is 18.3. The van der Waals surface area contributed by atoms with Crippen LogP contribution in [0.25, 0.3) is 24.3 Å². The molecule has 0 bridgehead atoms. The molecule has 0 amide bonds. The second-order valence-corrected chi connectivity index (χ2v) is 10.5. The van der Waals surface area contributed by atoms with Gasteiger partial charge in [0.25, 0.3) is 0 Å². The quantitative estimate of drug-likeness (QED) is 0.123. The van der Waals surface area contributed by atoms with E-state index in [4.69, 9.17) is 9.47 Å². The lowest BCUT2D eigenvalue weighted by Gasteiger charge is -2.15. The first kappa shape index (κ1) is 33.2. The van der Waals surface area contributed by atoms with Crippen LogP contribution in [0.4, 0.5) is 0 Å². The van der Waals surface area contributed by atoms with Crippen molar-refractivity contribution in [3.05, 3.63) is 93.0 Å². The Labute approximate surface area is 261 Å². The smallest absolute Gasteiger partial charge is 0.127 e. The first-order valence-electron chi connectivity index (χ1n) is 15.2. The van der Waals surface area contributed by atoms with E-state index in [0.29, 0.717) is 58.1 Å². The Morgan fingerprint density at radius 1 is 0.500 bits per heavy atom. The molecule has 0 fully saturated rings. The maximum absolute atomic E-state index is 9.65. The lowest BCUT2D eigenvalue weighted by atomic mass is 10.0. The molecule has 6 nitrogen and oxygen atoms in total. The van der Waals surface area contributed by atoms with Crippen LogP contribution in [0.3, 0.4) is 0 Å². The van der Waals surface area contributed by atoms with Gasteiger partial charge in [-0.25, -0.2) is 0 Å². The van der Waals surface area contributed by atoms with Gasteiger partial charge in [-0.05, 0) is 60.4 Å². The predicted octanol–water partition coefficient (Wildman–Crippen LogP) is 9.43. The van der Waals surface area contributed by atoms with Gasteiger partial charge < -0.3 is 9.47 Å². The minimum Gasteiger partial charge on any atom is -0.493 e. The molecular weight excluding hydrogens is 544 g/mol. The molecule has 0 aliphatic heterocycles. The summed E-state index contributed by atoms with van der Waals surface area (Å²) in [4.78, 5) is 0. The zero-order valence-electron chi connectivity index (χ0n) is 25.6. The van der Waals surface area contributed by atoms with Crippen LogP contribution in [0, 0.1) is 45.3 Å². The molecule has 0 atom stereocenters. The van der Waals surface area contributed by atoms with Gasteiger partial charge in [-0.3, -0.25) is 0 Å². The van der Waals surface area contributed by atoms with Crippen molar-refractivity contribution in [3.63, 3.8) is 0 Å². The Morgan fingerprint density at radius 2 is 0.909 bits per heavy atom. The summed E-state index contributed by atoms with van der Waals surface area (Å²) in [5, 5.41) is 37.8. The number of nitrogens with zero attached hydrogens (tertiary/aromatic N) is 4. The van der Waals surface area contributed by atoms with E-state index >= 15 is 0 Å². The van der Waals surface area contributed by atoms with E-state index in [2.05, 4.69) is 38.1 Å². The minimum atomic E-state index is 0.421. The van der Waals surface area contributed by atoms with E-state index in [9.17, 15) is 21.0 Å². The molecule has 222 valence electrons. The first-order chi connectivity index (χ1) is 21.6. The monoisotopic (exact) mass is 582 g/mol. The summed E-state index contributed by atoms with van der Waals surface area (Å²) in [6, 6.07) is 22.5. The summed E-state index contributed by atoms with van der Waals surface area (Å²) in [6.45, 7) is 5.48. The van der Waals surface area contributed by atoms with E-state index in [1.54, 1.807) is 36.4 Å². The highest BCUT2D eigenvalue weighted by Gasteiger charge is 2.12. The lowest BCUT2D eigenvalue weighted by Crippen LogP contribution is -2.03. The minimum absolute atomic E-state index is 0.421. The van der Waals surface area contributed by atoms with Crippen molar-refractivity contribution in [2.75, 3.05) is 13.2 Å². The fraction of sp³-hybridized carbons (Fsp3) is 0.316. The number of hydrogen-bond donors (Lipinski definition) is 0. The van der Waals surface area contributed by atoms with Crippen LogP contribution in [0.15, 0.2) is 48.5 Å². The van der Waals surface area contributed by atoms with Crippen LogP contribution in [0.2, 0.25) is 0 Å². The van der Waals surface area contributed by atoms with Crippen LogP contribution in [-0.4, -0.2) is 13.2 Å². The molecule has 0 unspecified atom stereocenters. The Kier molecular flexibility index (Phi) is 13.8. The van der Waals surface area contributed by atoms with Gasteiger partial charge in [0.15, 0.2) is 0 Å². The van der Waals surface area contributed by atoms with Crippen molar-refractivity contribution in [1.29, 1.82) is 21.0 Å². The van der Waals surface area contributed by atoms with E-state index in [-0.39, 0.29) is 0 Å². The normalized spacial score (nSPS) is 10.7. The highest BCUT2D eigenvalue weighted by atomic mass is 16.5. The third-order valence-corrected chi connectivity index (χ3v) is 7.14. The molecule has 0 N–H and O–H groups in total. The van der Waals surface area contributed by atoms with Crippen molar-refractivity contribution in [2.24, 2.45) is 0 Å². The number of unbranched alkanes of at least 4 members (excludes halogenated alkanes) is 6. The van der Waals surface area contributed by atoms with Crippen LogP contribution in [-0.2, 0) is 0 Å². The molecular formula is C38H38N4O2. The van der Waals surface area contributed by atoms with Crippen LogP contribution in [0.5, 0.6) is 11.5 Å². The molecule has 3 aromatic rings. The molecule has 0 saturated heterocycles. The number of nitriles is 4. The Bertz CT molecular complexity index is 1520. The van der Waals surface area contributed by atoms with Crippen LogP contribution >= 0.6 is 0 Å². The average molecular weight is 583 g/mol. The van der Waals surface area contributed by atoms with Crippen molar-refractivity contribution in [3.8, 4) is 35.8 Å². The maximum Gasteiger partial charge on any atom is 0.127 e. The highest BCUT2D eigenvalue weighted by molar-refractivity contribution is 5.80. The number of hydrogen-bond acceptors (Lipinski definition) is 6. The largest absolute Gasteiger partial charge is 0.493 e. The van der Waals surface area contributed by atoms with Crippen molar-refractivity contribution in [1.82, 2.24) is 0 Å². The fourth-order valence-electron chi connectivity index (χ4n) is 4.62. The summed E-state index contributed by atoms with van der Waals surface area (Å²) in [6.07, 6.45) is 16.1. The third-order valence-electron chi connectivity index (χ3n) is 7.14. The average Bonchev–Trinajstić information content (AvgIpc) is 3.06. The fourth-order valence-corrected chi connectivity index (χ4v) is 4.62. The molecule has 6 heteroatoms. The van der Waals surface area contributed by atoms with E-state index in [0.717, 1.165) is 62.5 Å². The summed E-state index contributed by atoms with van der Waals surface area (Å²) >= 11 is 0. The molecule has 0 heterocycles. The Morgan fingerprint density at radius 3 is 1.27 bits per heavy atom. The number of benzene rings is 3. The van der Waals surface area contributed by atoms with Gasteiger partial charge in [0.2, 0.25) is 0 Å². The zero-order chi connectivity index (χ0) is 31.6. The van der Waals surface area contributed by atoms with Crippen molar-refractivity contribution >= 4 is 24.3 Å². The maximum atomic E-state index is 9.65. The van der Waals surface area contributed by atoms with Crippen molar-refractivity contribution in [2.45, 2.75) is 65.2 Å². The molecule has 0 aliphatic rings. The number of ether oxygens (including phenoxy) is 2. The predicted molar refractivity (Wildman–Crippen MR) is 175 cm³/mol. The standard InChI is InChI=1S/C38H38N4O2/c1-3-5-7-9-19-43-37-23-34(18-16-32-14-12-30(26-40)22-36(32)28-42)38(44-20-10-8-6-4-2)24-33(37)17-15-31-13-11-29(25-39)21-35(31)27-41/h11-18,21-24H,3-10,19-20H2,1-2H3/b17-15+,18-16+. The molecule has 0 aromatic heterocycles. The van der Waals surface area contributed by atoms with Gasteiger partial charge >= 0.3 is 0 Å². The molecule has 44 heavy (non-hydrogen) atoms. The van der Waals surface area contributed by atoms with Crippen LogP contribution < -0.4 is 9.47 Å². The van der Waals surface area contributed by atoms with Gasteiger partial charge in [-0.2, -0.15) is 21.0 Å². The van der Waals surface area contributed by atoms with Gasteiger partial charge in [-0.15, -0.1) is 0 Å². The lowest BCUT2D eigenvalue weighted by molar-refractivity contribution is 0.296. The third kappa shape index (κ3) is 9.91. The van der Waals surface area contributed by atoms with Gasteiger partial charge in [-0.1, -0.05) is 88.8 Å². The molecule has 3 aromatic carbocycles. The topological polar surface area (TPSA) is 114 Å². The second-order valence-electron chi connectivity index (χ2n) is 10.5. The van der Waals surface area contributed by atoms with E-state index in [1.807, 2.05) is 36.4 Å². The molecule has 0 radical (unpaired) electrons. The molecule has 0 saturated carbocycles. The zero-order valence-corrected chi connectivity index (χ0v) is 25.6.